The van der Waals surface area contributed by atoms with Gasteiger partial charge in [-0.15, -0.1) is 0 Å². The second-order valence-corrected chi connectivity index (χ2v) is 5.67. The summed E-state index contributed by atoms with van der Waals surface area (Å²) < 4.78 is 0. The Morgan fingerprint density at radius 3 is 1.92 bits per heavy atom. The summed E-state index contributed by atoms with van der Waals surface area (Å²) in [5.41, 5.74) is 11.2. The van der Waals surface area contributed by atoms with E-state index in [1.807, 2.05) is 36.4 Å². The van der Waals surface area contributed by atoms with Gasteiger partial charge in [0.2, 0.25) is 5.91 Å². The second-order valence-electron chi connectivity index (χ2n) is 5.67. The lowest BCUT2D eigenvalue weighted by atomic mass is 9.99. The Kier molecular flexibility index (Phi) is 4.90. The number of carbonyl (C=O) groups excluding carboxylic acids is 2. The van der Waals surface area contributed by atoms with Crippen molar-refractivity contribution in [3.63, 3.8) is 0 Å². The molecule has 4 N–H and O–H groups in total. The standard InChI is InChI=1S/C15H11NO.C6H6N2O/c16-15(17)13-7-3-6-12-8-10-4-1-2-5-11(10)9-14(12)13;7-6(9)5-3-1-2-4-8-5/h1-9H,(H2,16,17);1-4H,(H2,7,9). The third kappa shape index (κ3) is 3.67. The van der Waals surface area contributed by atoms with E-state index in [1.165, 1.54) is 11.6 Å². The van der Waals surface area contributed by atoms with Crippen LogP contribution in [0.5, 0.6) is 0 Å². The van der Waals surface area contributed by atoms with Crippen LogP contribution in [0.1, 0.15) is 20.8 Å². The number of hydrogen-bond acceptors (Lipinski definition) is 3. The summed E-state index contributed by atoms with van der Waals surface area (Å²) in [6.45, 7) is 0. The minimum absolute atomic E-state index is 0.303. The van der Waals surface area contributed by atoms with E-state index in [-0.39, 0.29) is 5.91 Å². The molecule has 5 heteroatoms. The zero-order chi connectivity index (χ0) is 18.5. The van der Waals surface area contributed by atoms with Crippen LogP contribution in [0.15, 0.2) is 79.0 Å². The van der Waals surface area contributed by atoms with Crippen molar-refractivity contribution in [2.75, 3.05) is 0 Å². The molecule has 5 nitrogen and oxygen atoms in total. The predicted molar refractivity (Wildman–Crippen MR) is 103 cm³/mol. The normalized spacial score (nSPS) is 10.2. The largest absolute Gasteiger partial charge is 0.366 e. The Labute approximate surface area is 150 Å². The van der Waals surface area contributed by atoms with Gasteiger partial charge in [-0.3, -0.25) is 14.6 Å². The zero-order valence-electron chi connectivity index (χ0n) is 13.9. The van der Waals surface area contributed by atoms with Crippen molar-refractivity contribution in [2.24, 2.45) is 11.5 Å². The summed E-state index contributed by atoms with van der Waals surface area (Å²) in [4.78, 5) is 25.4. The first kappa shape index (κ1) is 17.1. The molecule has 0 saturated heterocycles. The van der Waals surface area contributed by atoms with Gasteiger partial charge in [-0.25, -0.2) is 0 Å². The zero-order valence-corrected chi connectivity index (χ0v) is 13.9. The maximum Gasteiger partial charge on any atom is 0.267 e. The number of benzene rings is 3. The van der Waals surface area contributed by atoms with Crippen LogP contribution in [-0.2, 0) is 0 Å². The molecular weight excluding hydrogens is 326 g/mol. The molecule has 26 heavy (non-hydrogen) atoms. The molecule has 0 aliphatic rings. The van der Waals surface area contributed by atoms with Crippen LogP contribution < -0.4 is 11.5 Å². The van der Waals surface area contributed by atoms with Gasteiger partial charge in [0, 0.05) is 11.8 Å². The molecule has 2 amide bonds. The number of rotatable bonds is 2. The van der Waals surface area contributed by atoms with Gasteiger partial charge < -0.3 is 11.5 Å². The van der Waals surface area contributed by atoms with E-state index in [9.17, 15) is 9.59 Å². The van der Waals surface area contributed by atoms with E-state index in [4.69, 9.17) is 11.5 Å². The first-order valence-corrected chi connectivity index (χ1v) is 7.98. The third-order valence-corrected chi connectivity index (χ3v) is 3.93. The molecular formula is C21H17N3O2. The van der Waals surface area contributed by atoms with E-state index in [1.54, 1.807) is 24.3 Å². The monoisotopic (exact) mass is 343 g/mol. The Morgan fingerprint density at radius 2 is 1.35 bits per heavy atom. The number of pyridine rings is 1. The van der Waals surface area contributed by atoms with Gasteiger partial charge in [-0.2, -0.15) is 0 Å². The molecule has 3 aromatic carbocycles. The van der Waals surface area contributed by atoms with Crippen LogP contribution in [0.25, 0.3) is 21.5 Å². The van der Waals surface area contributed by atoms with Crippen molar-refractivity contribution in [2.45, 2.75) is 0 Å². The molecule has 1 heterocycles. The Balaban J connectivity index is 0.000000185. The molecule has 0 aliphatic heterocycles. The van der Waals surface area contributed by atoms with Crippen LogP contribution in [-0.4, -0.2) is 16.8 Å². The number of nitrogens with zero attached hydrogens (tertiary/aromatic N) is 1. The number of nitrogens with two attached hydrogens (primary N) is 2. The summed E-state index contributed by atoms with van der Waals surface area (Å²) in [7, 11) is 0. The van der Waals surface area contributed by atoms with Crippen LogP contribution in [0.4, 0.5) is 0 Å². The van der Waals surface area contributed by atoms with Gasteiger partial charge >= 0.3 is 0 Å². The van der Waals surface area contributed by atoms with E-state index in [0.717, 1.165) is 16.2 Å². The Morgan fingerprint density at radius 1 is 0.692 bits per heavy atom. The lowest BCUT2D eigenvalue weighted by Gasteiger charge is -2.05. The summed E-state index contributed by atoms with van der Waals surface area (Å²) in [6.07, 6.45) is 1.53. The van der Waals surface area contributed by atoms with E-state index >= 15 is 0 Å². The molecule has 0 saturated carbocycles. The minimum Gasteiger partial charge on any atom is -0.366 e. The van der Waals surface area contributed by atoms with Crippen molar-refractivity contribution in [1.82, 2.24) is 4.98 Å². The van der Waals surface area contributed by atoms with E-state index in [0.29, 0.717) is 11.3 Å². The van der Waals surface area contributed by atoms with Crippen LogP contribution in [0.2, 0.25) is 0 Å². The molecule has 128 valence electrons. The Bertz CT molecular complexity index is 1090. The highest BCUT2D eigenvalue weighted by Gasteiger charge is 2.06. The van der Waals surface area contributed by atoms with Crippen molar-refractivity contribution < 1.29 is 9.59 Å². The highest BCUT2D eigenvalue weighted by atomic mass is 16.1. The van der Waals surface area contributed by atoms with Crippen molar-refractivity contribution in [3.05, 3.63) is 90.3 Å². The summed E-state index contributed by atoms with van der Waals surface area (Å²) >= 11 is 0. The summed E-state index contributed by atoms with van der Waals surface area (Å²) in [5, 5.41) is 4.24. The molecule has 4 aromatic rings. The van der Waals surface area contributed by atoms with Crippen LogP contribution in [0, 0.1) is 0 Å². The quantitative estimate of drug-likeness (QED) is 0.546. The number of primary amides is 2. The maximum absolute atomic E-state index is 11.4. The number of fused-ring (bicyclic) bond motifs is 2. The molecule has 4 rings (SSSR count). The van der Waals surface area contributed by atoms with Crippen LogP contribution >= 0.6 is 0 Å². The average molecular weight is 343 g/mol. The molecule has 0 spiro atoms. The Hall–Kier alpha value is -3.73. The summed E-state index contributed by atoms with van der Waals surface area (Å²) in [5.74, 6) is -0.874. The molecule has 0 aliphatic carbocycles. The van der Waals surface area contributed by atoms with Gasteiger partial charge in [0.05, 0.1) is 0 Å². The lowest BCUT2D eigenvalue weighted by Crippen LogP contribution is -2.12. The summed E-state index contributed by atoms with van der Waals surface area (Å²) in [6, 6.07) is 22.8. The first-order chi connectivity index (χ1) is 12.6. The highest BCUT2D eigenvalue weighted by Crippen LogP contribution is 2.25. The first-order valence-electron chi connectivity index (χ1n) is 7.98. The number of hydrogen-bond donors (Lipinski definition) is 2. The molecule has 0 radical (unpaired) electrons. The van der Waals surface area contributed by atoms with Crippen molar-refractivity contribution in [3.8, 4) is 0 Å². The molecule has 0 bridgehead atoms. The molecule has 0 unspecified atom stereocenters. The van der Waals surface area contributed by atoms with Gasteiger partial charge in [0.1, 0.15) is 5.69 Å². The highest BCUT2D eigenvalue weighted by molar-refractivity contribution is 6.10. The van der Waals surface area contributed by atoms with Gasteiger partial charge in [0.15, 0.2) is 0 Å². The fourth-order valence-electron chi connectivity index (χ4n) is 2.69. The fraction of sp³-hybridized carbons (Fsp3) is 0. The van der Waals surface area contributed by atoms with E-state index < -0.39 is 5.91 Å². The minimum atomic E-state index is -0.490. The van der Waals surface area contributed by atoms with Crippen molar-refractivity contribution in [1.29, 1.82) is 0 Å². The number of amides is 2. The third-order valence-electron chi connectivity index (χ3n) is 3.93. The molecule has 1 aromatic heterocycles. The molecule has 0 atom stereocenters. The number of aromatic nitrogens is 1. The van der Waals surface area contributed by atoms with Crippen LogP contribution in [0.3, 0.4) is 0 Å². The average Bonchev–Trinajstić information content (AvgIpc) is 2.67. The van der Waals surface area contributed by atoms with Gasteiger partial charge in [-0.1, -0.05) is 42.5 Å². The maximum atomic E-state index is 11.4. The lowest BCUT2D eigenvalue weighted by molar-refractivity contribution is 0.0989. The second kappa shape index (κ2) is 7.44. The van der Waals surface area contributed by atoms with Gasteiger partial charge in [0.25, 0.3) is 5.91 Å². The topological polar surface area (TPSA) is 99.1 Å². The fourth-order valence-corrected chi connectivity index (χ4v) is 2.69. The predicted octanol–water partition coefficient (Wildman–Crippen LogP) is 3.27. The number of carbonyl (C=O) groups is 2. The van der Waals surface area contributed by atoms with Crippen molar-refractivity contribution >= 4 is 33.4 Å². The molecule has 0 fully saturated rings. The van der Waals surface area contributed by atoms with E-state index in [2.05, 4.69) is 17.1 Å². The SMILES string of the molecule is NC(=O)c1cccc2cc3ccccc3cc12.NC(=O)c1ccccn1. The van der Waals surface area contributed by atoms with Gasteiger partial charge in [-0.05, 0) is 51.9 Å². The smallest absolute Gasteiger partial charge is 0.267 e.